The molecule has 4 aromatic rings. The maximum atomic E-state index is 4.25. The Morgan fingerprint density at radius 2 is 1.04 bits per heavy atom. The van der Waals surface area contributed by atoms with E-state index in [2.05, 4.69) is 99.8 Å². The fourth-order valence-electron chi connectivity index (χ4n) is 2.61. The molecule has 0 unspecified atom stereocenters. The van der Waals surface area contributed by atoms with Gasteiger partial charge >= 0.3 is 25.8 Å². The van der Waals surface area contributed by atoms with Crippen molar-refractivity contribution in [1.82, 2.24) is 0 Å². The third kappa shape index (κ3) is 5.72. The third-order valence-corrected chi connectivity index (χ3v) is 3.52. The summed E-state index contributed by atoms with van der Waals surface area (Å²) in [6.07, 6.45) is 0. The van der Waals surface area contributed by atoms with Crippen LogP contribution < -0.4 is 0 Å². The Hall–Kier alpha value is -1.73. The van der Waals surface area contributed by atoms with E-state index in [4.69, 9.17) is 0 Å². The summed E-state index contributed by atoms with van der Waals surface area (Å²) < 4.78 is 0. The molecule has 0 fully saturated rings. The standard InChI is InChI=1S/2C10H9.C2H3.CH3.Hf/c2*1-8-6-9-4-2-3-5-10(9)7-8;1-2;;/h2*2-7H,1H3;1H,2H2;1H3;/q4*-1;+4. The molecule has 0 heterocycles. The van der Waals surface area contributed by atoms with E-state index in [0.717, 1.165) is 0 Å². The molecular weight excluding hydrogens is 455 g/mol. The number of hydrogen-bond donors (Lipinski definition) is 0. The summed E-state index contributed by atoms with van der Waals surface area (Å²) in [7, 11) is 0. The minimum atomic E-state index is 0. The van der Waals surface area contributed by atoms with Crippen LogP contribution in [0.5, 0.6) is 0 Å². The molecule has 0 aliphatic heterocycles. The van der Waals surface area contributed by atoms with E-state index in [1.165, 1.54) is 32.7 Å². The van der Waals surface area contributed by atoms with E-state index in [1.807, 2.05) is 0 Å². The second-order valence-electron chi connectivity index (χ2n) is 5.32. The van der Waals surface area contributed by atoms with Gasteiger partial charge in [-0.05, 0) is 0 Å². The molecule has 0 amide bonds. The van der Waals surface area contributed by atoms with E-state index in [9.17, 15) is 0 Å². The van der Waals surface area contributed by atoms with Gasteiger partial charge in [0.15, 0.2) is 0 Å². The van der Waals surface area contributed by atoms with Crippen molar-refractivity contribution in [3.63, 3.8) is 0 Å². The molecule has 120 valence electrons. The van der Waals surface area contributed by atoms with E-state index in [0.29, 0.717) is 0 Å². The average molecular weight is 479 g/mol. The summed E-state index contributed by atoms with van der Waals surface area (Å²) in [5.41, 5.74) is 2.70. The second kappa shape index (κ2) is 10.9. The van der Waals surface area contributed by atoms with Crippen LogP contribution in [0.2, 0.25) is 0 Å². The summed E-state index contributed by atoms with van der Waals surface area (Å²) in [6, 6.07) is 25.7. The Balaban J connectivity index is 0.000000372. The van der Waals surface area contributed by atoms with Crippen molar-refractivity contribution < 1.29 is 25.8 Å². The number of hydrogen-bond acceptors (Lipinski definition) is 0. The van der Waals surface area contributed by atoms with Gasteiger partial charge in [-0.15, -0.1) is 81.2 Å². The molecule has 0 nitrogen and oxygen atoms in total. The van der Waals surface area contributed by atoms with Crippen molar-refractivity contribution in [2.45, 2.75) is 13.8 Å². The summed E-state index contributed by atoms with van der Waals surface area (Å²) in [4.78, 5) is 0. The molecule has 0 N–H and O–H groups in total. The van der Waals surface area contributed by atoms with Crippen LogP contribution in [0, 0.1) is 27.9 Å². The first-order valence-corrected chi connectivity index (χ1v) is 7.37. The Bertz CT molecular complexity index is 710. The van der Waals surface area contributed by atoms with Crippen LogP contribution in [-0.2, 0) is 25.8 Å². The van der Waals surface area contributed by atoms with Crippen molar-refractivity contribution in [2.75, 3.05) is 0 Å². The van der Waals surface area contributed by atoms with Crippen molar-refractivity contribution in [3.05, 3.63) is 105 Å². The molecule has 0 radical (unpaired) electrons. The maximum Gasteiger partial charge on any atom is 4.00 e. The van der Waals surface area contributed by atoms with E-state index >= 15 is 0 Å². The van der Waals surface area contributed by atoms with Crippen LogP contribution in [0.1, 0.15) is 11.1 Å². The number of aryl methyl sites for hydroxylation is 2. The summed E-state index contributed by atoms with van der Waals surface area (Å²) in [5.74, 6) is 0. The molecule has 0 aromatic heterocycles. The summed E-state index contributed by atoms with van der Waals surface area (Å²) in [6.45, 7) is 11.2. The average Bonchev–Trinajstić information content (AvgIpc) is 3.10. The third-order valence-electron chi connectivity index (χ3n) is 3.52. The van der Waals surface area contributed by atoms with E-state index < -0.39 is 0 Å². The molecule has 0 saturated carbocycles. The van der Waals surface area contributed by atoms with Crippen molar-refractivity contribution in [1.29, 1.82) is 0 Å². The van der Waals surface area contributed by atoms with Gasteiger partial charge in [-0.3, -0.25) is 6.58 Å². The van der Waals surface area contributed by atoms with Gasteiger partial charge in [0.1, 0.15) is 0 Å². The fraction of sp³-hybridized carbons (Fsp3) is 0.0870. The molecule has 0 aliphatic rings. The maximum absolute atomic E-state index is 4.25. The zero-order chi connectivity index (χ0) is 15.9. The van der Waals surface area contributed by atoms with Gasteiger partial charge in [-0.2, -0.15) is 12.1 Å². The molecule has 4 aromatic carbocycles. The summed E-state index contributed by atoms with van der Waals surface area (Å²) >= 11 is 0. The fourth-order valence-corrected chi connectivity index (χ4v) is 2.61. The largest absolute Gasteiger partial charge is 4.00 e. The van der Waals surface area contributed by atoms with Crippen LogP contribution in [0.4, 0.5) is 0 Å². The summed E-state index contributed by atoms with van der Waals surface area (Å²) in [5, 5.41) is 5.39. The molecule has 4 rings (SSSR count). The van der Waals surface area contributed by atoms with Crippen molar-refractivity contribution in [2.24, 2.45) is 0 Å². The van der Waals surface area contributed by atoms with Crippen LogP contribution in [0.3, 0.4) is 0 Å². The predicted octanol–water partition coefficient (Wildman–Crippen LogP) is 6.79. The van der Waals surface area contributed by atoms with Crippen molar-refractivity contribution in [3.8, 4) is 0 Å². The van der Waals surface area contributed by atoms with Gasteiger partial charge < -0.3 is 14.0 Å². The van der Waals surface area contributed by atoms with Crippen LogP contribution in [0.25, 0.3) is 21.5 Å². The van der Waals surface area contributed by atoms with Gasteiger partial charge in [-0.25, -0.2) is 0 Å². The van der Waals surface area contributed by atoms with Gasteiger partial charge in [0, 0.05) is 0 Å². The minimum Gasteiger partial charge on any atom is -0.521 e. The van der Waals surface area contributed by atoms with E-state index in [-0.39, 0.29) is 33.3 Å². The Morgan fingerprint density at radius 1 is 0.708 bits per heavy atom. The molecule has 0 saturated heterocycles. The second-order valence-corrected chi connectivity index (χ2v) is 5.32. The minimum absolute atomic E-state index is 0. The normalized spacial score (nSPS) is 8.92. The molecule has 24 heavy (non-hydrogen) atoms. The van der Waals surface area contributed by atoms with Gasteiger partial charge in [0.2, 0.25) is 0 Å². The van der Waals surface area contributed by atoms with Crippen LogP contribution in [-0.4, -0.2) is 0 Å². The Kier molecular flexibility index (Phi) is 10.1. The first-order valence-electron chi connectivity index (χ1n) is 7.37. The first-order chi connectivity index (χ1) is 10.7. The van der Waals surface area contributed by atoms with Gasteiger partial charge in [-0.1, -0.05) is 26.0 Å². The SMILES string of the molecule is Cc1cc2ccccc2[cH-]1.Cc1cc2ccccc2[cH-]1.[CH-]=C.[CH3-].[Hf+4]. The van der Waals surface area contributed by atoms with E-state index in [1.54, 1.807) is 0 Å². The number of benzene rings is 2. The Morgan fingerprint density at radius 3 is 1.38 bits per heavy atom. The molecule has 0 bridgehead atoms. The monoisotopic (exact) mass is 480 g/mol. The van der Waals surface area contributed by atoms with Gasteiger partial charge in [0.25, 0.3) is 0 Å². The van der Waals surface area contributed by atoms with Crippen LogP contribution in [0.15, 0.2) is 79.4 Å². The first kappa shape index (κ1) is 22.3. The molecule has 0 atom stereocenters. The molecular formula is C23H24Hf. The molecule has 0 spiro atoms. The zero-order valence-electron chi connectivity index (χ0n) is 14.7. The van der Waals surface area contributed by atoms with Crippen molar-refractivity contribution >= 4 is 21.5 Å². The number of rotatable bonds is 0. The topological polar surface area (TPSA) is 0 Å². The zero-order valence-corrected chi connectivity index (χ0v) is 18.3. The quantitative estimate of drug-likeness (QED) is 0.193. The van der Waals surface area contributed by atoms with Crippen LogP contribution >= 0.6 is 0 Å². The van der Waals surface area contributed by atoms with Gasteiger partial charge in [0.05, 0.1) is 0 Å². The predicted molar refractivity (Wildman–Crippen MR) is 105 cm³/mol. The Labute approximate surface area is 165 Å². The molecule has 1 heteroatoms. The smallest absolute Gasteiger partial charge is 0.521 e. The molecule has 0 aliphatic carbocycles. The number of fused-ring (bicyclic) bond motifs is 2.